The number of hydrogen-bond acceptors (Lipinski definition) is 2. The first-order valence-corrected chi connectivity index (χ1v) is 8.31. The zero-order chi connectivity index (χ0) is 16.8. The molecule has 122 valence electrons. The van der Waals surface area contributed by atoms with Crippen LogP contribution in [0.4, 0.5) is 0 Å². The van der Waals surface area contributed by atoms with Crippen LogP contribution in [0.1, 0.15) is 48.9 Å². The summed E-state index contributed by atoms with van der Waals surface area (Å²) in [5, 5.41) is 3.21. The Morgan fingerprint density at radius 1 is 1.26 bits per heavy atom. The zero-order valence-electron chi connectivity index (χ0n) is 14.6. The predicted octanol–water partition coefficient (Wildman–Crippen LogP) is 4.73. The molecule has 1 aromatic heterocycles. The maximum absolute atomic E-state index is 12.9. The van der Waals surface area contributed by atoms with Crippen molar-refractivity contribution in [2.75, 3.05) is 0 Å². The summed E-state index contributed by atoms with van der Waals surface area (Å²) in [5.74, 6) is 2.02. The molecule has 2 unspecified atom stereocenters. The fourth-order valence-corrected chi connectivity index (χ4v) is 3.16. The molecule has 1 aliphatic rings. The molecular formula is C20H25NO2. The average molecular weight is 311 g/mol. The van der Waals surface area contributed by atoms with Gasteiger partial charge in [-0.15, -0.1) is 0 Å². The molecule has 3 nitrogen and oxygen atoms in total. The van der Waals surface area contributed by atoms with Crippen molar-refractivity contribution in [3.63, 3.8) is 0 Å². The second-order valence-electron chi connectivity index (χ2n) is 7.24. The number of carbonyl (C=O) groups excluding carboxylic acids is 1. The standard InChI is InChI=1S/C20H25NO2/c1-12(2)20(5)11-16(20)21-19(22)17-13(3)14(4)23-18(17)15-9-7-6-8-10-15/h6-10,12,16H,11H2,1-5H3,(H,21,22). The molecule has 2 atom stereocenters. The van der Waals surface area contributed by atoms with Gasteiger partial charge in [0.1, 0.15) is 11.5 Å². The molecule has 0 spiro atoms. The van der Waals surface area contributed by atoms with Crippen molar-refractivity contribution < 1.29 is 9.21 Å². The number of amides is 1. The van der Waals surface area contributed by atoms with Crippen molar-refractivity contribution in [3.05, 3.63) is 47.2 Å². The fourth-order valence-electron chi connectivity index (χ4n) is 3.16. The van der Waals surface area contributed by atoms with Gasteiger partial charge < -0.3 is 9.73 Å². The van der Waals surface area contributed by atoms with Gasteiger partial charge in [-0.05, 0) is 31.6 Å². The van der Waals surface area contributed by atoms with Crippen molar-refractivity contribution in [2.24, 2.45) is 11.3 Å². The van der Waals surface area contributed by atoms with Crippen LogP contribution in [0.15, 0.2) is 34.7 Å². The van der Waals surface area contributed by atoms with Gasteiger partial charge in [0.15, 0.2) is 0 Å². The maximum Gasteiger partial charge on any atom is 0.255 e. The summed E-state index contributed by atoms with van der Waals surface area (Å²) < 4.78 is 5.89. The molecule has 0 bridgehead atoms. The van der Waals surface area contributed by atoms with Crippen molar-refractivity contribution in [1.29, 1.82) is 0 Å². The van der Waals surface area contributed by atoms with Gasteiger partial charge in [-0.25, -0.2) is 0 Å². The van der Waals surface area contributed by atoms with E-state index in [4.69, 9.17) is 4.42 Å². The van der Waals surface area contributed by atoms with Crippen LogP contribution >= 0.6 is 0 Å². The van der Waals surface area contributed by atoms with Crippen molar-refractivity contribution >= 4 is 5.91 Å². The van der Waals surface area contributed by atoms with Crippen LogP contribution in [0.25, 0.3) is 11.3 Å². The molecule has 1 amide bonds. The summed E-state index contributed by atoms with van der Waals surface area (Å²) in [5.41, 5.74) is 2.76. The Morgan fingerprint density at radius 2 is 1.91 bits per heavy atom. The largest absolute Gasteiger partial charge is 0.460 e. The molecule has 3 heteroatoms. The highest BCUT2D eigenvalue weighted by Gasteiger charge is 2.53. The molecule has 3 rings (SSSR count). The van der Waals surface area contributed by atoms with E-state index in [0.717, 1.165) is 23.3 Å². The molecule has 1 N–H and O–H groups in total. The first-order valence-electron chi connectivity index (χ1n) is 8.31. The minimum atomic E-state index is -0.0208. The maximum atomic E-state index is 12.9. The van der Waals surface area contributed by atoms with Gasteiger partial charge in [-0.1, -0.05) is 51.1 Å². The van der Waals surface area contributed by atoms with E-state index in [2.05, 4.69) is 26.1 Å². The first-order chi connectivity index (χ1) is 10.8. The minimum absolute atomic E-state index is 0.0208. The minimum Gasteiger partial charge on any atom is -0.460 e. The molecule has 0 radical (unpaired) electrons. The second kappa shape index (κ2) is 5.55. The third-order valence-electron chi connectivity index (χ3n) is 5.55. The van der Waals surface area contributed by atoms with Crippen LogP contribution < -0.4 is 5.32 Å². The number of furan rings is 1. The van der Waals surface area contributed by atoms with E-state index in [0.29, 0.717) is 17.2 Å². The van der Waals surface area contributed by atoms with Gasteiger partial charge in [0.05, 0.1) is 5.56 Å². The SMILES string of the molecule is Cc1oc(-c2ccccc2)c(C(=O)NC2CC2(C)C(C)C)c1C. The number of aryl methyl sites for hydroxylation is 1. The molecule has 2 aromatic rings. The third-order valence-corrected chi connectivity index (χ3v) is 5.55. The summed E-state index contributed by atoms with van der Waals surface area (Å²) in [6.07, 6.45) is 1.05. The van der Waals surface area contributed by atoms with Gasteiger partial charge in [-0.3, -0.25) is 4.79 Å². The second-order valence-corrected chi connectivity index (χ2v) is 7.24. The molecular weight excluding hydrogens is 286 g/mol. The molecule has 0 saturated heterocycles. The van der Waals surface area contributed by atoms with Crippen LogP contribution in [0, 0.1) is 25.2 Å². The normalized spacial score (nSPS) is 23.1. The quantitative estimate of drug-likeness (QED) is 0.887. The van der Waals surface area contributed by atoms with Gasteiger partial charge in [0.2, 0.25) is 0 Å². The van der Waals surface area contributed by atoms with Crippen molar-refractivity contribution in [2.45, 2.75) is 47.1 Å². The molecule has 0 aliphatic heterocycles. The summed E-state index contributed by atoms with van der Waals surface area (Å²) in [6, 6.07) is 10.1. The monoisotopic (exact) mass is 311 g/mol. The van der Waals surface area contributed by atoms with E-state index in [-0.39, 0.29) is 17.4 Å². The average Bonchev–Trinajstić information content (AvgIpc) is 3.08. The summed E-state index contributed by atoms with van der Waals surface area (Å²) in [7, 11) is 0. The van der Waals surface area contributed by atoms with E-state index in [1.165, 1.54) is 0 Å². The van der Waals surface area contributed by atoms with Crippen LogP contribution in [-0.2, 0) is 0 Å². The van der Waals surface area contributed by atoms with Crippen LogP contribution in [0.3, 0.4) is 0 Å². The van der Waals surface area contributed by atoms with Gasteiger partial charge in [0.25, 0.3) is 5.91 Å². The first kappa shape index (κ1) is 15.9. The number of benzene rings is 1. The van der Waals surface area contributed by atoms with E-state index in [9.17, 15) is 4.79 Å². The summed E-state index contributed by atoms with van der Waals surface area (Å²) >= 11 is 0. The Balaban J connectivity index is 1.90. The molecule has 1 heterocycles. The smallest absolute Gasteiger partial charge is 0.255 e. The lowest BCUT2D eigenvalue weighted by molar-refractivity contribution is 0.0943. The Bertz CT molecular complexity index is 730. The number of carbonyl (C=O) groups is 1. The molecule has 23 heavy (non-hydrogen) atoms. The van der Waals surface area contributed by atoms with E-state index < -0.39 is 0 Å². The fraction of sp³-hybridized carbons (Fsp3) is 0.450. The highest BCUT2D eigenvalue weighted by molar-refractivity contribution is 6.01. The molecule has 1 saturated carbocycles. The van der Waals surface area contributed by atoms with Crippen molar-refractivity contribution in [3.8, 4) is 11.3 Å². The number of rotatable bonds is 4. The van der Waals surface area contributed by atoms with Crippen LogP contribution in [0.2, 0.25) is 0 Å². The Hall–Kier alpha value is -2.03. The predicted molar refractivity (Wildman–Crippen MR) is 92.4 cm³/mol. The third kappa shape index (κ3) is 2.69. The zero-order valence-corrected chi connectivity index (χ0v) is 14.6. The number of nitrogens with one attached hydrogen (secondary N) is 1. The van der Waals surface area contributed by atoms with Gasteiger partial charge >= 0.3 is 0 Å². The molecule has 1 fully saturated rings. The topological polar surface area (TPSA) is 42.2 Å². The molecule has 1 aromatic carbocycles. The Labute approximate surface area is 138 Å². The number of hydrogen-bond donors (Lipinski definition) is 1. The van der Waals surface area contributed by atoms with Gasteiger partial charge in [0, 0.05) is 17.2 Å². The lowest BCUT2D eigenvalue weighted by Crippen LogP contribution is -2.31. The molecule has 1 aliphatic carbocycles. The lowest BCUT2D eigenvalue weighted by atomic mass is 9.94. The highest BCUT2D eigenvalue weighted by Crippen LogP contribution is 2.51. The Kier molecular flexibility index (Phi) is 3.83. The van der Waals surface area contributed by atoms with E-state index in [1.54, 1.807) is 0 Å². The van der Waals surface area contributed by atoms with Crippen LogP contribution in [-0.4, -0.2) is 11.9 Å². The lowest BCUT2D eigenvalue weighted by Gasteiger charge is -2.16. The Morgan fingerprint density at radius 3 is 2.48 bits per heavy atom. The summed E-state index contributed by atoms with van der Waals surface area (Å²) in [6.45, 7) is 10.5. The van der Waals surface area contributed by atoms with E-state index in [1.807, 2.05) is 44.2 Å². The summed E-state index contributed by atoms with van der Waals surface area (Å²) in [4.78, 5) is 12.9. The highest BCUT2D eigenvalue weighted by atomic mass is 16.3. The van der Waals surface area contributed by atoms with Gasteiger partial charge in [-0.2, -0.15) is 0 Å². The van der Waals surface area contributed by atoms with Crippen molar-refractivity contribution in [1.82, 2.24) is 5.32 Å². The van der Waals surface area contributed by atoms with E-state index >= 15 is 0 Å². The van der Waals surface area contributed by atoms with Crippen LogP contribution in [0.5, 0.6) is 0 Å².